The van der Waals surface area contributed by atoms with E-state index in [0.717, 1.165) is 6.20 Å². The predicted octanol–water partition coefficient (Wildman–Crippen LogP) is 2.84. The van der Waals surface area contributed by atoms with Crippen LogP contribution in [0, 0.1) is 0 Å². The highest BCUT2D eigenvalue weighted by molar-refractivity contribution is 5.94. The third-order valence-electron chi connectivity index (χ3n) is 2.11. The van der Waals surface area contributed by atoms with Crippen molar-refractivity contribution in [3.63, 3.8) is 0 Å². The zero-order valence-corrected chi connectivity index (χ0v) is 7.55. The Hall–Kier alpha value is -1.78. The van der Waals surface area contributed by atoms with Crippen LogP contribution in [0.2, 0.25) is 0 Å². The molecular formula is C10H7F3N2. The molecule has 0 aliphatic rings. The van der Waals surface area contributed by atoms with E-state index < -0.39 is 11.9 Å². The second-order valence-electron chi connectivity index (χ2n) is 3.10. The van der Waals surface area contributed by atoms with Crippen molar-refractivity contribution in [2.75, 3.05) is 5.73 Å². The van der Waals surface area contributed by atoms with E-state index in [1.165, 1.54) is 18.2 Å². The fraction of sp³-hybridized carbons (Fsp3) is 0.100. The van der Waals surface area contributed by atoms with E-state index in [9.17, 15) is 13.2 Å². The van der Waals surface area contributed by atoms with Crippen LogP contribution in [0.15, 0.2) is 30.5 Å². The zero-order chi connectivity index (χ0) is 11.1. The molecule has 2 aromatic rings. The first kappa shape index (κ1) is 9.76. The van der Waals surface area contributed by atoms with Crippen molar-refractivity contribution in [1.29, 1.82) is 0 Å². The molecule has 0 aliphatic carbocycles. The molecule has 0 fully saturated rings. The van der Waals surface area contributed by atoms with Gasteiger partial charge in [-0.2, -0.15) is 13.2 Å². The first-order valence-corrected chi connectivity index (χ1v) is 4.20. The van der Waals surface area contributed by atoms with E-state index in [1.807, 2.05) is 0 Å². The third kappa shape index (κ3) is 1.60. The van der Waals surface area contributed by atoms with Gasteiger partial charge in [-0.3, -0.25) is 4.98 Å². The number of benzene rings is 1. The van der Waals surface area contributed by atoms with Crippen LogP contribution in [0.1, 0.15) is 5.69 Å². The van der Waals surface area contributed by atoms with Gasteiger partial charge in [0.15, 0.2) is 5.69 Å². The van der Waals surface area contributed by atoms with E-state index in [2.05, 4.69) is 4.98 Å². The van der Waals surface area contributed by atoms with Gasteiger partial charge in [-0.1, -0.05) is 12.1 Å². The van der Waals surface area contributed by atoms with Crippen LogP contribution >= 0.6 is 0 Å². The van der Waals surface area contributed by atoms with Crippen molar-refractivity contribution in [3.8, 4) is 0 Å². The molecule has 1 aromatic carbocycles. The smallest absolute Gasteiger partial charge is 0.398 e. The topological polar surface area (TPSA) is 38.9 Å². The predicted molar refractivity (Wildman–Crippen MR) is 51.2 cm³/mol. The minimum atomic E-state index is -4.45. The zero-order valence-electron chi connectivity index (χ0n) is 7.55. The summed E-state index contributed by atoms with van der Waals surface area (Å²) in [6.07, 6.45) is -3.34. The maximum atomic E-state index is 12.5. The average molecular weight is 212 g/mol. The molecule has 2 rings (SSSR count). The number of nitrogen functional groups attached to an aromatic ring is 1. The molecule has 0 bridgehead atoms. The van der Waals surface area contributed by atoms with Gasteiger partial charge in [0.25, 0.3) is 0 Å². The monoisotopic (exact) mass is 212 g/mol. The average Bonchev–Trinajstić information content (AvgIpc) is 2.16. The first-order valence-electron chi connectivity index (χ1n) is 4.20. The van der Waals surface area contributed by atoms with E-state index >= 15 is 0 Å². The Bertz CT molecular complexity index is 505. The number of hydrogen-bond acceptors (Lipinski definition) is 2. The van der Waals surface area contributed by atoms with E-state index in [1.54, 1.807) is 6.07 Å². The lowest BCUT2D eigenvalue weighted by Crippen LogP contribution is -2.08. The Kier molecular flexibility index (Phi) is 2.03. The fourth-order valence-electron chi connectivity index (χ4n) is 1.46. The molecule has 0 amide bonds. The van der Waals surface area contributed by atoms with Gasteiger partial charge in [-0.05, 0) is 12.1 Å². The van der Waals surface area contributed by atoms with Crippen LogP contribution in [0.3, 0.4) is 0 Å². The highest BCUT2D eigenvalue weighted by Gasteiger charge is 2.34. The number of pyridine rings is 1. The van der Waals surface area contributed by atoms with Crippen LogP contribution in [0.25, 0.3) is 10.8 Å². The van der Waals surface area contributed by atoms with Crippen molar-refractivity contribution >= 4 is 16.5 Å². The number of nitrogens with zero attached hydrogens (tertiary/aromatic N) is 1. The largest absolute Gasteiger partial charge is 0.433 e. The Morgan fingerprint density at radius 1 is 1.07 bits per heavy atom. The maximum absolute atomic E-state index is 12.5. The van der Waals surface area contributed by atoms with Gasteiger partial charge < -0.3 is 5.73 Å². The maximum Gasteiger partial charge on any atom is 0.433 e. The van der Waals surface area contributed by atoms with Crippen molar-refractivity contribution in [1.82, 2.24) is 4.98 Å². The van der Waals surface area contributed by atoms with Gasteiger partial charge in [-0.15, -0.1) is 0 Å². The van der Waals surface area contributed by atoms with Crippen molar-refractivity contribution in [2.45, 2.75) is 6.18 Å². The summed E-state index contributed by atoms with van der Waals surface area (Å²) in [6.45, 7) is 0. The summed E-state index contributed by atoms with van der Waals surface area (Å²) in [6, 6.07) is 5.87. The molecule has 0 saturated carbocycles. The number of nitrogens with two attached hydrogens (primary N) is 1. The number of fused-ring (bicyclic) bond motifs is 1. The number of hydrogen-bond donors (Lipinski definition) is 1. The second-order valence-corrected chi connectivity index (χ2v) is 3.10. The second kappa shape index (κ2) is 3.12. The summed E-state index contributed by atoms with van der Waals surface area (Å²) in [7, 11) is 0. The number of halogens is 3. The number of alkyl halides is 3. The Morgan fingerprint density at radius 3 is 2.47 bits per heavy atom. The molecule has 0 radical (unpaired) electrons. The van der Waals surface area contributed by atoms with E-state index in [4.69, 9.17) is 5.73 Å². The van der Waals surface area contributed by atoms with Crippen LogP contribution < -0.4 is 5.73 Å². The van der Waals surface area contributed by atoms with Gasteiger partial charge in [0, 0.05) is 22.7 Å². The molecule has 2 nitrogen and oxygen atoms in total. The third-order valence-corrected chi connectivity index (χ3v) is 2.11. The van der Waals surface area contributed by atoms with Crippen molar-refractivity contribution in [2.24, 2.45) is 0 Å². The van der Waals surface area contributed by atoms with Crippen LogP contribution in [-0.2, 0) is 6.18 Å². The Morgan fingerprint density at radius 2 is 1.80 bits per heavy atom. The molecule has 15 heavy (non-hydrogen) atoms. The summed E-state index contributed by atoms with van der Waals surface area (Å²) in [4.78, 5) is 3.34. The van der Waals surface area contributed by atoms with Gasteiger partial charge in [0.1, 0.15) is 0 Å². The molecule has 0 aliphatic heterocycles. The molecule has 0 saturated heterocycles. The molecule has 2 N–H and O–H groups in total. The summed E-state index contributed by atoms with van der Waals surface area (Å²) in [5.41, 5.74) is 5.00. The standard InChI is InChI=1S/C10H7F3N2/c11-10(12,13)9-7-2-1-3-8(14)6(7)4-5-15-9/h1-5H,14H2. The molecule has 5 heteroatoms. The summed E-state index contributed by atoms with van der Waals surface area (Å²) in [5, 5.41) is 0.407. The fourth-order valence-corrected chi connectivity index (χ4v) is 1.46. The summed E-state index contributed by atoms with van der Waals surface area (Å²) >= 11 is 0. The first-order chi connectivity index (χ1) is 7.00. The molecule has 1 aromatic heterocycles. The van der Waals surface area contributed by atoms with Gasteiger partial charge in [-0.25, -0.2) is 0 Å². The lowest BCUT2D eigenvalue weighted by molar-refractivity contribution is -0.139. The minimum absolute atomic E-state index is 0.0324. The van der Waals surface area contributed by atoms with E-state index in [-0.39, 0.29) is 5.39 Å². The Balaban J connectivity index is 2.83. The van der Waals surface area contributed by atoms with Crippen molar-refractivity contribution in [3.05, 3.63) is 36.2 Å². The Labute approximate surface area is 83.5 Å². The molecule has 0 spiro atoms. The minimum Gasteiger partial charge on any atom is -0.398 e. The van der Waals surface area contributed by atoms with Gasteiger partial charge in [0.05, 0.1) is 0 Å². The van der Waals surface area contributed by atoms with Gasteiger partial charge >= 0.3 is 6.18 Å². The number of anilines is 1. The SMILES string of the molecule is Nc1cccc2c(C(F)(F)F)nccc12. The van der Waals surface area contributed by atoms with Crippen LogP contribution in [-0.4, -0.2) is 4.98 Å². The summed E-state index contributed by atoms with van der Waals surface area (Å²) in [5.74, 6) is 0. The quantitative estimate of drug-likeness (QED) is 0.682. The highest BCUT2D eigenvalue weighted by atomic mass is 19.4. The molecule has 1 heterocycles. The molecule has 0 unspecified atom stereocenters. The normalized spacial score (nSPS) is 11.9. The molecule has 78 valence electrons. The number of rotatable bonds is 0. The molecule has 0 atom stereocenters. The van der Waals surface area contributed by atoms with E-state index in [0.29, 0.717) is 11.1 Å². The lowest BCUT2D eigenvalue weighted by atomic mass is 10.1. The van der Waals surface area contributed by atoms with Gasteiger partial charge in [0.2, 0.25) is 0 Å². The van der Waals surface area contributed by atoms with Crippen LogP contribution in [0.4, 0.5) is 18.9 Å². The highest BCUT2D eigenvalue weighted by Crippen LogP contribution is 2.34. The summed E-state index contributed by atoms with van der Waals surface area (Å²) < 4.78 is 37.6. The van der Waals surface area contributed by atoms with Crippen molar-refractivity contribution < 1.29 is 13.2 Å². The number of aromatic nitrogens is 1. The van der Waals surface area contributed by atoms with Crippen LogP contribution in [0.5, 0.6) is 0 Å². The lowest BCUT2D eigenvalue weighted by Gasteiger charge is -2.09. The molecular weight excluding hydrogens is 205 g/mol.